The third-order valence-electron chi connectivity index (χ3n) is 6.80. The fourth-order valence-electron chi connectivity index (χ4n) is 4.86. The van der Waals surface area contributed by atoms with E-state index in [0.717, 1.165) is 12.8 Å². The molecule has 2 aliphatic rings. The first-order chi connectivity index (χ1) is 18.2. The van der Waals surface area contributed by atoms with Crippen LogP contribution in [-0.4, -0.2) is 94.4 Å². The van der Waals surface area contributed by atoms with Gasteiger partial charge < -0.3 is 15.1 Å². The zero-order valence-corrected chi connectivity index (χ0v) is 21.7. The van der Waals surface area contributed by atoms with Gasteiger partial charge in [0.05, 0.1) is 18.5 Å². The van der Waals surface area contributed by atoms with Crippen LogP contribution in [0.1, 0.15) is 19.3 Å². The molecule has 0 spiro atoms. The van der Waals surface area contributed by atoms with Crippen molar-refractivity contribution in [2.24, 2.45) is 0 Å². The Morgan fingerprint density at radius 1 is 1.21 bits per heavy atom. The number of nitrogens with one attached hydrogen (secondary N) is 1. The number of aromatic nitrogens is 4. The number of piperazine rings is 1. The molecule has 0 bridgehead atoms. The van der Waals surface area contributed by atoms with Crippen molar-refractivity contribution < 1.29 is 17.6 Å². The van der Waals surface area contributed by atoms with Crippen molar-refractivity contribution in [2.45, 2.75) is 25.3 Å². The molecule has 5 rings (SSSR count). The van der Waals surface area contributed by atoms with Crippen LogP contribution in [0.5, 0.6) is 0 Å². The van der Waals surface area contributed by atoms with Crippen LogP contribution < -0.4 is 10.2 Å². The molecule has 2 saturated heterocycles. The molecule has 200 valence electrons. The fraction of sp³-hybridized carbons (Fsp3) is 0.458. The molecular weight excluding hydrogens is 513 g/mol. The van der Waals surface area contributed by atoms with Crippen LogP contribution in [0, 0.1) is 17.1 Å². The summed E-state index contributed by atoms with van der Waals surface area (Å²) >= 11 is 0. The second-order valence-corrected chi connectivity index (χ2v) is 11.4. The van der Waals surface area contributed by atoms with Gasteiger partial charge in [-0.05, 0) is 25.0 Å². The molecule has 38 heavy (non-hydrogen) atoms. The minimum Gasteiger partial charge on any atom is -0.365 e. The van der Waals surface area contributed by atoms with Gasteiger partial charge in [-0.25, -0.2) is 27.8 Å². The Hall–Kier alpha value is -3.83. The molecule has 2 aliphatic heterocycles. The Balaban J connectivity index is 1.46. The highest BCUT2D eigenvalue weighted by Gasteiger charge is 2.27. The van der Waals surface area contributed by atoms with Crippen LogP contribution in [0.15, 0.2) is 30.6 Å². The van der Waals surface area contributed by atoms with Crippen LogP contribution in [-0.2, 0) is 14.8 Å². The standard InChI is InChI=1S/C24H28FN9O3S/c1-38(36,37)33-11-9-31(10-12-33)22-13-20(28-18-3-2-8-32(16-18)23(35)6-7-26)29-24(30-22)19-14-27-21-5-4-17(25)15-34(19)21/h4-5,13-15,18H,2-3,6,8-12,16H2,1H3,(H,28,29,30). The molecule has 1 atom stereocenters. The molecular formula is C24H28FN9O3S. The van der Waals surface area contributed by atoms with Gasteiger partial charge in [0.1, 0.15) is 35.2 Å². The van der Waals surface area contributed by atoms with E-state index in [1.54, 1.807) is 27.6 Å². The van der Waals surface area contributed by atoms with Crippen molar-refractivity contribution >= 4 is 33.2 Å². The number of carbonyl (C=O) groups is 1. The molecule has 1 N–H and O–H groups in total. The number of pyridine rings is 1. The molecule has 14 heteroatoms. The Labute approximate surface area is 219 Å². The van der Waals surface area contributed by atoms with Gasteiger partial charge in [-0.3, -0.25) is 9.20 Å². The quantitative estimate of drug-likeness (QED) is 0.489. The zero-order chi connectivity index (χ0) is 26.9. The number of halogens is 1. The van der Waals surface area contributed by atoms with Gasteiger partial charge in [0, 0.05) is 57.6 Å². The number of piperidine rings is 1. The van der Waals surface area contributed by atoms with E-state index in [2.05, 4.69) is 10.3 Å². The molecule has 0 aliphatic carbocycles. The Morgan fingerprint density at radius 3 is 2.74 bits per heavy atom. The van der Waals surface area contributed by atoms with E-state index in [1.807, 2.05) is 11.0 Å². The van der Waals surface area contributed by atoms with E-state index in [9.17, 15) is 17.6 Å². The lowest BCUT2D eigenvalue weighted by Crippen LogP contribution is -2.48. The molecule has 12 nitrogen and oxygen atoms in total. The van der Waals surface area contributed by atoms with Crippen LogP contribution >= 0.6 is 0 Å². The van der Waals surface area contributed by atoms with E-state index in [1.165, 1.54) is 22.8 Å². The highest BCUT2D eigenvalue weighted by atomic mass is 32.2. The summed E-state index contributed by atoms with van der Waals surface area (Å²) in [5, 5.41) is 12.3. The number of imidazole rings is 1. The maximum atomic E-state index is 14.0. The lowest BCUT2D eigenvalue weighted by atomic mass is 10.1. The number of hydrogen-bond acceptors (Lipinski definition) is 9. The minimum atomic E-state index is -3.29. The number of likely N-dealkylation sites (tertiary alicyclic amines) is 1. The lowest BCUT2D eigenvalue weighted by Gasteiger charge is -2.35. The summed E-state index contributed by atoms with van der Waals surface area (Å²) < 4.78 is 41.0. The Kier molecular flexibility index (Phi) is 7.13. The average Bonchev–Trinajstić information content (AvgIpc) is 3.31. The van der Waals surface area contributed by atoms with Gasteiger partial charge in [-0.1, -0.05) is 0 Å². The second kappa shape index (κ2) is 10.5. The van der Waals surface area contributed by atoms with Gasteiger partial charge in [0.25, 0.3) is 0 Å². The molecule has 0 radical (unpaired) electrons. The van der Waals surface area contributed by atoms with E-state index in [4.69, 9.17) is 15.2 Å². The van der Waals surface area contributed by atoms with Gasteiger partial charge in [-0.15, -0.1) is 0 Å². The van der Waals surface area contributed by atoms with Gasteiger partial charge in [0.15, 0.2) is 5.82 Å². The topological polar surface area (TPSA) is 140 Å². The van der Waals surface area contributed by atoms with Crippen LogP contribution in [0.3, 0.4) is 0 Å². The highest BCUT2D eigenvalue weighted by Crippen LogP contribution is 2.26. The fourth-order valence-corrected chi connectivity index (χ4v) is 5.69. The van der Waals surface area contributed by atoms with Gasteiger partial charge in [-0.2, -0.15) is 9.57 Å². The van der Waals surface area contributed by atoms with Crippen molar-refractivity contribution in [2.75, 3.05) is 55.7 Å². The minimum absolute atomic E-state index is 0.0799. The summed E-state index contributed by atoms with van der Waals surface area (Å²) in [6.45, 7) is 2.62. The van der Waals surface area contributed by atoms with Crippen LogP contribution in [0.4, 0.5) is 16.0 Å². The third-order valence-corrected chi connectivity index (χ3v) is 8.10. The molecule has 1 amide bonds. The maximum Gasteiger partial charge on any atom is 0.236 e. The van der Waals surface area contributed by atoms with Crippen molar-refractivity contribution in [1.82, 2.24) is 28.6 Å². The second-order valence-electron chi connectivity index (χ2n) is 9.46. The van der Waals surface area contributed by atoms with E-state index < -0.39 is 15.8 Å². The van der Waals surface area contributed by atoms with Crippen molar-refractivity contribution in [3.8, 4) is 17.6 Å². The smallest absolute Gasteiger partial charge is 0.236 e. The number of nitriles is 1. The molecule has 0 aromatic carbocycles. The normalized spacial score (nSPS) is 18.9. The molecule has 3 aromatic rings. The van der Waals surface area contributed by atoms with Crippen LogP contribution in [0.2, 0.25) is 0 Å². The molecule has 3 aromatic heterocycles. The Morgan fingerprint density at radius 2 is 2.00 bits per heavy atom. The van der Waals surface area contributed by atoms with Crippen molar-refractivity contribution in [1.29, 1.82) is 5.26 Å². The molecule has 0 saturated carbocycles. The summed E-state index contributed by atoms with van der Waals surface area (Å²) in [4.78, 5) is 29.8. The summed E-state index contributed by atoms with van der Waals surface area (Å²) in [6, 6.07) is 6.54. The van der Waals surface area contributed by atoms with Crippen LogP contribution in [0.25, 0.3) is 17.2 Å². The van der Waals surface area contributed by atoms with Gasteiger partial charge in [0.2, 0.25) is 15.9 Å². The predicted octanol–water partition coefficient (Wildman–Crippen LogP) is 1.33. The molecule has 1 unspecified atom stereocenters. The number of fused-ring (bicyclic) bond motifs is 1. The highest BCUT2D eigenvalue weighted by molar-refractivity contribution is 7.88. The maximum absolute atomic E-state index is 14.0. The number of hydrogen-bond donors (Lipinski definition) is 1. The zero-order valence-electron chi connectivity index (χ0n) is 20.9. The average molecular weight is 542 g/mol. The number of sulfonamides is 1. The summed E-state index contributed by atoms with van der Waals surface area (Å²) in [5.74, 6) is 0.848. The number of anilines is 2. The predicted molar refractivity (Wildman–Crippen MR) is 138 cm³/mol. The number of carbonyl (C=O) groups excluding carboxylic acids is 1. The third kappa shape index (κ3) is 5.53. The van der Waals surface area contributed by atoms with Crippen molar-refractivity contribution in [3.05, 3.63) is 36.4 Å². The summed E-state index contributed by atoms with van der Waals surface area (Å²) in [6.07, 6.45) is 5.57. The summed E-state index contributed by atoms with van der Waals surface area (Å²) in [5.41, 5.74) is 1.05. The first-order valence-electron chi connectivity index (χ1n) is 12.3. The van der Waals surface area contributed by atoms with Crippen molar-refractivity contribution in [3.63, 3.8) is 0 Å². The van der Waals surface area contributed by atoms with E-state index >= 15 is 0 Å². The largest absolute Gasteiger partial charge is 0.365 e. The first-order valence-corrected chi connectivity index (χ1v) is 14.2. The lowest BCUT2D eigenvalue weighted by molar-refractivity contribution is -0.131. The monoisotopic (exact) mass is 541 g/mol. The van der Waals surface area contributed by atoms with Gasteiger partial charge >= 0.3 is 0 Å². The number of amides is 1. The first kappa shape index (κ1) is 25.8. The number of nitrogens with zero attached hydrogens (tertiary/aromatic N) is 8. The van der Waals surface area contributed by atoms with E-state index in [0.29, 0.717) is 68.1 Å². The van der Waals surface area contributed by atoms with E-state index in [-0.39, 0.29) is 18.4 Å². The Bertz CT molecular complexity index is 1500. The SMILES string of the molecule is CS(=O)(=O)N1CCN(c2cc(NC3CCCN(C(=O)CC#N)C3)nc(-c3cnc4ccc(F)cn34)n2)CC1. The molecule has 2 fully saturated rings. The molecule has 5 heterocycles. The number of rotatable bonds is 6. The summed E-state index contributed by atoms with van der Waals surface area (Å²) in [7, 11) is -3.29.